The quantitative estimate of drug-likeness (QED) is 0.891. The predicted molar refractivity (Wildman–Crippen MR) is 100 cm³/mol. The minimum absolute atomic E-state index is 0.197. The number of pyridine rings is 1. The number of nitrogens with zero attached hydrogens (tertiary/aromatic N) is 2. The van der Waals surface area contributed by atoms with Gasteiger partial charge >= 0.3 is 0 Å². The molecule has 2 aliphatic carbocycles. The Labute approximate surface area is 152 Å². The highest BCUT2D eigenvalue weighted by Gasteiger charge is 2.44. The summed E-state index contributed by atoms with van der Waals surface area (Å²) in [5, 5.41) is 21.0. The fourth-order valence-corrected chi connectivity index (χ4v) is 4.48. The van der Waals surface area contributed by atoms with Crippen LogP contribution in [0.2, 0.25) is 0 Å². The lowest BCUT2D eigenvalue weighted by molar-refractivity contribution is 0.154. The second-order valence-corrected chi connectivity index (χ2v) is 8.36. The van der Waals surface area contributed by atoms with E-state index in [9.17, 15) is 15.2 Å². The molecule has 134 valence electrons. The van der Waals surface area contributed by atoms with E-state index in [4.69, 9.17) is 0 Å². The molecule has 1 aliphatic heterocycles. The molecule has 5 nitrogen and oxygen atoms in total. The van der Waals surface area contributed by atoms with Crippen LogP contribution >= 0.6 is 0 Å². The largest absolute Gasteiger partial charge is 0.388 e. The zero-order valence-electron chi connectivity index (χ0n) is 14.8. The van der Waals surface area contributed by atoms with Crippen molar-refractivity contribution in [2.75, 3.05) is 18.0 Å². The molecule has 3 aliphatic rings. The van der Waals surface area contributed by atoms with Crippen molar-refractivity contribution in [3.8, 4) is 6.07 Å². The number of benzene rings is 1. The molecule has 0 amide bonds. The van der Waals surface area contributed by atoms with Crippen LogP contribution in [-0.2, 0) is 0 Å². The molecule has 0 radical (unpaired) electrons. The van der Waals surface area contributed by atoms with E-state index < -0.39 is 6.10 Å². The van der Waals surface area contributed by atoms with Gasteiger partial charge in [0, 0.05) is 18.5 Å². The zero-order chi connectivity index (χ0) is 17.9. The van der Waals surface area contributed by atoms with Gasteiger partial charge in [0.25, 0.3) is 5.56 Å². The Morgan fingerprint density at radius 1 is 1.23 bits per heavy atom. The number of hydrogen-bond acceptors (Lipinski definition) is 4. The number of aromatic nitrogens is 1. The predicted octanol–water partition coefficient (Wildman–Crippen LogP) is 3.22. The normalized spacial score (nSPS) is 22.4. The average Bonchev–Trinajstić information content (AvgIpc) is 3.57. The van der Waals surface area contributed by atoms with Gasteiger partial charge < -0.3 is 15.0 Å². The van der Waals surface area contributed by atoms with Crippen LogP contribution in [-0.4, -0.2) is 23.2 Å². The van der Waals surface area contributed by atoms with Crippen LogP contribution in [0.25, 0.3) is 10.9 Å². The highest BCUT2D eigenvalue weighted by Crippen LogP contribution is 2.54. The minimum Gasteiger partial charge on any atom is -0.388 e. The lowest BCUT2D eigenvalue weighted by Gasteiger charge is -2.35. The zero-order valence-corrected chi connectivity index (χ0v) is 14.8. The number of hydrogen-bond donors (Lipinski definition) is 2. The summed E-state index contributed by atoms with van der Waals surface area (Å²) < 4.78 is 0. The third kappa shape index (κ3) is 2.52. The number of H-pyrrole nitrogens is 1. The van der Waals surface area contributed by atoms with E-state index in [1.54, 1.807) is 0 Å². The number of rotatable bonds is 3. The maximum Gasteiger partial charge on any atom is 0.268 e. The van der Waals surface area contributed by atoms with Gasteiger partial charge in [0.2, 0.25) is 0 Å². The second-order valence-electron chi connectivity index (χ2n) is 8.36. The first-order valence-corrected chi connectivity index (χ1v) is 9.63. The summed E-state index contributed by atoms with van der Waals surface area (Å²) in [7, 11) is 0. The summed E-state index contributed by atoms with van der Waals surface area (Å²) in [5.41, 5.74) is 2.79. The molecule has 2 aromatic rings. The highest BCUT2D eigenvalue weighted by atomic mass is 16.3. The van der Waals surface area contributed by atoms with Crippen molar-refractivity contribution in [3.05, 3.63) is 39.7 Å². The SMILES string of the molecule is N#Cc1c(N2CCC3(CC2)CC3)c2cc([C@@H](O)C3CC3)ccc2[nH]c1=O. The molecule has 0 bridgehead atoms. The van der Waals surface area contributed by atoms with Gasteiger partial charge in [-0.3, -0.25) is 4.79 Å². The number of aliphatic hydroxyl groups excluding tert-OH is 1. The Bertz CT molecular complexity index is 969. The number of aromatic amines is 1. The average molecular weight is 349 g/mol. The Hall–Kier alpha value is -2.32. The van der Waals surface area contributed by atoms with Crippen molar-refractivity contribution in [1.29, 1.82) is 5.26 Å². The van der Waals surface area contributed by atoms with Crippen LogP contribution in [0.15, 0.2) is 23.0 Å². The fourth-order valence-electron chi connectivity index (χ4n) is 4.48. The van der Waals surface area contributed by atoms with Crippen LogP contribution in [0.3, 0.4) is 0 Å². The topological polar surface area (TPSA) is 80.1 Å². The summed E-state index contributed by atoms with van der Waals surface area (Å²) >= 11 is 0. The van der Waals surface area contributed by atoms with Crippen molar-refractivity contribution in [2.24, 2.45) is 11.3 Å². The van der Waals surface area contributed by atoms with Gasteiger partial charge in [-0.2, -0.15) is 5.26 Å². The van der Waals surface area contributed by atoms with Gasteiger partial charge in [0.1, 0.15) is 11.6 Å². The summed E-state index contributed by atoms with van der Waals surface area (Å²) in [6.45, 7) is 1.78. The molecule has 2 saturated carbocycles. The molecule has 5 heteroatoms. The first-order valence-electron chi connectivity index (χ1n) is 9.63. The Balaban J connectivity index is 1.63. The standard InChI is InChI=1S/C21H23N3O2/c22-12-16-18(24-9-7-21(5-6-21)8-10-24)15-11-14(19(25)13-1-2-13)3-4-17(15)23-20(16)26/h3-4,11,13,19,25H,1-2,5-10H2,(H,23,26)/t19-/m0/s1. The van der Waals surface area contributed by atoms with Crippen molar-refractivity contribution in [1.82, 2.24) is 4.98 Å². The Kier molecular flexibility index (Phi) is 3.42. The second kappa shape index (κ2) is 5.59. The molecule has 1 atom stereocenters. The molecule has 2 heterocycles. The molecule has 0 unspecified atom stereocenters. The van der Waals surface area contributed by atoms with E-state index in [1.807, 2.05) is 18.2 Å². The van der Waals surface area contributed by atoms with E-state index in [0.717, 1.165) is 60.9 Å². The molecule has 1 saturated heterocycles. The maximum atomic E-state index is 12.5. The molecular formula is C21H23N3O2. The fraction of sp³-hybridized carbons (Fsp3) is 0.524. The molecule has 2 N–H and O–H groups in total. The van der Waals surface area contributed by atoms with E-state index >= 15 is 0 Å². The monoisotopic (exact) mass is 349 g/mol. The number of piperidine rings is 1. The summed E-state index contributed by atoms with van der Waals surface area (Å²) in [6, 6.07) is 7.87. The number of nitriles is 1. The van der Waals surface area contributed by atoms with Gasteiger partial charge in [-0.25, -0.2) is 0 Å². The molecule has 3 fully saturated rings. The molecule has 1 aromatic carbocycles. The number of aliphatic hydroxyl groups is 1. The van der Waals surface area contributed by atoms with Crippen LogP contribution in [0, 0.1) is 22.7 Å². The smallest absolute Gasteiger partial charge is 0.268 e. The summed E-state index contributed by atoms with van der Waals surface area (Å²) in [5.74, 6) is 0.346. The van der Waals surface area contributed by atoms with Crippen molar-refractivity contribution in [2.45, 2.75) is 44.6 Å². The van der Waals surface area contributed by atoms with Gasteiger partial charge in [-0.05, 0) is 67.6 Å². The molecule has 1 aromatic heterocycles. The third-order valence-electron chi connectivity index (χ3n) is 6.63. The molecule has 5 rings (SSSR count). The number of anilines is 1. The van der Waals surface area contributed by atoms with Crippen LogP contribution < -0.4 is 10.5 Å². The van der Waals surface area contributed by atoms with Crippen LogP contribution in [0.5, 0.6) is 0 Å². The van der Waals surface area contributed by atoms with Gasteiger partial charge in [0.15, 0.2) is 0 Å². The first kappa shape index (κ1) is 15.9. The number of fused-ring (bicyclic) bond motifs is 1. The van der Waals surface area contributed by atoms with Gasteiger partial charge in [0.05, 0.1) is 17.3 Å². The van der Waals surface area contributed by atoms with E-state index in [0.29, 0.717) is 11.3 Å². The Morgan fingerprint density at radius 2 is 1.96 bits per heavy atom. The van der Waals surface area contributed by atoms with E-state index in [-0.39, 0.29) is 11.1 Å². The first-order chi connectivity index (χ1) is 12.6. The van der Waals surface area contributed by atoms with Crippen molar-refractivity contribution in [3.63, 3.8) is 0 Å². The lowest BCUT2D eigenvalue weighted by Crippen LogP contribution is -2.36. The van der Waals surface area contributed by atoms with Crippen LogP contribution in [0.1, 0.15) is 55.8 Å². The number of nitrogens with one attached hydrogen (secondary N) is 1. The van der Waals surface area contributed by atoms with Gasteiger partial charge in [-0.15, -0.1) is 0 Å². The lowest BCUT2D eigenvalue weighted by atomic mass is 9.92. The molecule has 26 heavy (non-hydrogen) atoms. The summed E-state index contributed by atoms with van der Waals surface area (Å²) in [4.78, 5) is 17.5. The molecule has 1 spiro atoms. The highest BCUT2D eigenvalue weighted by molar-refractivity contribution is 5.95. The minimum atomic E-state index is -0.458. The molecular weight excluding hydrogens is 326 g/mol. The summed E-state index contributed by atoms with van der Waals surface area (Å²) in [6.07, 6.45) is 6.58. The van der Waals surface area contributed by atoms with Crippen LogP contribution in [0.4, 0.5) is 5.69 Å². The third-order valence-corrected chi connectivity index (χ3v) is 6.63. The van der Waals surface area contributed by atoms with Crippen molar-refractivity contribution >= 4 is 16.6 Å². The van der Waals surface area contributed by atoms with Crippen molar-refractivity contribution < 1.29 is 5.11 Å². The maximum absolute atomic E-state index is 12.5. The van der Waals surface area contributed by atoms with Gasteiger partial charge in [-0.1, -0.05) is 6.07 Å². The Morgan fingerprint density at radius 3 is 2.58 bits per heavy atom. The van der Waals surface area contributed by atoms with E-state index in [1.165, 1.54) is 12.8 Å². The van der Waals surface area contributed by atoms with E-state index in [2.05, 4.69) is 16.0 Å².